The highest BCUT2D eigenvalue weighted by Crippen LogP contribution is 2.33. The van der Waals surface area contributed by atoms with Gasteiger partial charge in [-0.15, -0.1) is 0 Å². The van der Waals surface area contributed by atoms with E-state index in [1.165, 1.54) is 0 Å². The quantitative estimate of drug-likeness (QED) is 0.209. The van der Waals surface area contributed by atoms with Gasteiger partial charge in [0.05, 0.1) is 6.61 Å². The van der Waals surface area contributed by atoms with Gasteiger partial charge in [-0.3, -0.25) is 9.59 Å². The van der Waals surface area contributed by atoms with E-state index in [1.54, 1.807) is 13.8 Å². The average Bonchev–Trinajstić information content (AvgIpc) is 2.52. The largest absolute Gasteiger partial charge is 0.465 e. The molecule has 0 spiro atoms. The van der Waals surface area contributed by atoms with Crippen LogP contribution in [0, 0.1) is 5.41 Å². The predicted octanol–water partition coefficient (Wildman–Crippen LogP) is 4.79. The lowest BCUT2D eigenvalue weighted by Gasteiger charge is -2.29. The van der Waals surface area contributed by atoms with Crippen LogP contribution in [0.1, 0.15) is 59.3 Å². The van der Waals surface area contributed by atoms with Crippen molar-refractivity contribution in [2.45, 2.75) is 71.6 Å². The van der Waals surface area contributed by atoms with E-state index in [0.29, 0.717) is 6.42 Å². The summed E-state index contributed by atoms with van der Waals surface area (Å²) in [6.45, 7) is 5.30. The van der Waals surface area contributed by atoms with Crippen LogP contribution in [-0.2, 0) is 19.1 Å². The highest BCUT2D eigenvalue weighted by Gasteiger charge is 2.50. The van der Waals surface area contributed by atoms with Gasteiger partial charge in [0.15, 0.2) is 5.41 Å². The Morgan fingerprint density at radius 1 is 1.00 bits per heavy atom. The van der Waals surface area contributed by atoms with Crippen LogP contribution in [0.25, 0.3) is 0 Å². The first-order chi connectivity index (χ1) is 11.2. The molecule has 142 valence electrons. The van der Waals surface area contributed by atoms with Crippen LogP contribution in [0.2, 0.25) is 0 Å². The van der Waals surface area contributed by atoms with Gasteiger partial charge in [-0.25, -0.2) is 0 Å². The van der Waals surface area contributed by atoms with Crippen LogP contribution in [0.4, 0.5) is 13.2 Å². The number of hydrogen-bond donors (Lipinski definition) is 0. The molecule has 8 heteroatoms. The standard InChI is InChI=1S/C16H26BrF3O4/c1-4-7-8-9-10-23-13(21)15(5-2,6-3)14(22)24-12(11-17)16(18,19)20/h12H,4-11H2,1-3H3. The maximum absolute atomic E-state index is 12.8. The monoisotopic (exact) mass is 418 g/mol. The first kappa shape index (κ1) is 23.2. The normalized spacial score (nSPS) is 13.5. The minimum atomic E-state index is -4.70. The number of carbonyl (C=O) groups is 2. The van der Waals surface area contributed by atoms with Crippen LogP contribution >= 0.6 is 15.9 Å². The molecule has 0 saturated carbocycles. The highest BCUT2D eigenvalue weighted by molar-refractivity contribution is 9.09. The number of esters is 2. The first-order valence-electron chi connectivity index (χ1n) is 8.20. The lowest BCUT2D eigenvalue weighted by atomic mass is 9.82. The van der Waals surface area contributed by atoms with Crippen molar-refractivity contribution in [3.63, 3.8) is 0 Å². The molecule has 4 nitrogen and oxygen atoms in total. The molecule has 0 aliphatic rings. The van der Waals surface area contributed by atoms with Crippen LogP contribution in [0.3, 0.4) is 0 Å². The Bertz CT molecular complexity index is 395. The SMILES string of the molecule is CCCCCCOC(=O)C(CC)(CC)C(=O)OC(CBr)C(F)(F)F. The number of alkyl halides is 4. The summed E-state index contributed by atoms with van der Waals surface area (Å²) in [4.78, 5) is 24.6. The third kappa shape index (κ3) is 6.61. The van der Waals surface area contributed by atoms with Gasteiger partial charge in [0.25, 0.3) is 0 Å². The molecular formula is C16H26BrF3O4. The summed E-state index contributed by atoms with van der Waals surface area (Å²) in [5.41, 5.74) is -1.70. The number of carbonyl (C=O) groups excluding carboxylic acids is 2. The van der Waals surface area contributed by atoms with E-state index >= 15 is 0 Å². The van der Waals surface area contributed by atoms with Gasteiger partial charge in [0, 0.05) is 5.33 Å². The lowest BCUT2D eigenvalue weighted by molar-refractivity contribution is -0.222. The Kier molecular flexibility index (Phi) is 10.6. The highest BCUT2D eigenvalue weighted by atomic mass is 79.9. The molecule has 0 saturated heterocycles. The molecule has 1 atom stereocenters. The summed E-state index contributed by atoms with van der Waals surface area (Å²) < 4.78 is 48.0. The van der Waals surface area contributed by atoms with Crippen molar-refractivity contribution in [2.75, 3.05) is 11.9 Å². The van der Waals surface area contributed by atoms with Gasteiger partial charge < -0.3 is 9.47 Å². The molecule has 0 aliphatic carbocycles. The van der Waals surface area contributed by atoms with Gasteiger partial charge in [0.1, 0.15) is 0 Å². The summed E-state index contributed by atoms with van der Waals surface area (Å²) in [6.07, 6.45) is -3.38. The second-order valence-corrected chi connectivity index (χ2v) is 6.22. The van der Waals surface area contributed by atoms with Crippen molar-refractivity contribution in [2.24, 2.45) is 5.41 Å². The predicted molar refractivity (Wildman–Crippen MR) is 87.8 cm³/mol. The van der Waals surface area contributed by atoms with Crippen LogP contribution in [-0.4, -0.2) is 36.2 Å². The zero-order chi connectivity index (χ0) is 18.8. The second kappa shape index (κ2) is 10.9. The van der Waals surface area contributed by atoms with Gasteiger partial charge in [-0.2, -0.15) is 13.2 Å². The summed E-state index contributed by atoms with van der Waals surface area (Å²) in [7, 11) is 0. The maximum atomic E-state index is 12.8. The summed E-state index contributed by atoms with van der Waals surface area (Å²) in [5.74, 6) is -2.00. The van der Waals surface area contributed by atoms with Gasteiger partial charge in [0.2, 0.25) is 6.10 Å². The minimum absolute atomic E-state index is 0.0169. The molecule has 0 aromatic carbocycles. The van der Waals surface area contributed by atoms with Crippen molar-refractivity contribution in [3.8, 4) is 0 Å². The molecule has 0 aromatic heterocycles. The van der Waals surface area contributed by atoms with E-state index in [4.69, 9.17) is 4.74 Å². The average molecular weight is 419 g/mol. The fourth-order valence-corrected chi connectivity index (χ4v) is 2.67. The van der Waals surface area contributed by atoms with E-state index in [0.717, 1.165) is 19.3 Å². The number of halogens is 4. The van der Waals surface area contributed by atoms with Crippen molar-refractivity contribution >= 4 is 27.9 Å². The van der Waals surface area contributed by atoms with Crippen LogP contribution in [0.15, 0.2) is 0 Å². The van der Waals surface area contributed by atoms with E-state index < -0.39 is 35.0 Å². The van der Waals surface area contributed by atoms with E-state index in [2.05, 4.69) is 20.7 Å². The van der Waals surface area contributed by atoms with E-state index in [-0.39, 0.29) is 19.4 Å². The van der Waals surface area contributed by atoms with Crippen molar-refractivity contribution < 1.29 is 32.2 Å². The third-order valence-electron chi connectivity index (χ3n) is 3.97. The Hall–Kier alpha value is -0.790. The van der Waals surface area contributed by atoms with Crippen LogP contribution in [0.5, 0.6) is 0 Å². The Morgan fingerprint density at radius 2 is 1.58 bits per heavy atom. The number of hydrogen-bond acceptors (Lipinski definition) is 4. The molecule has 1 unspecified atom stereocenters. The Labute approximate surface area is 149 Å². The molecule has 0 aliphatic heterocycles. The van der Waals surface area contributed by atoms with Crippen molar-refractivity contribution in [1.82, 2.24) is 0 Å². The third-order valence-corrected chi connectivity index (χ3v) is 4.56. The number of rotatable bonds is 11. The topological polar surface area (TPSA) is 52.6 Å². The molecule has 0 radical (unpaired) electrons. The molecule has 0 aromatic rings. The fraction of sp³-hybridized carbons (Fsp3) is 0.875. The molecule has 0 bridgehead atoms. The Morgan fingerprint density at radius 3 is 2.00 bits per heavy atom. The molecular weight excluding hydrogens is 393 g/mol. The molecule has 0 fully saturated rings. The zero-order valence-electron chi connectivity index (χ0n) is 14.4. The van der Waals surface area contributed by atoms with Crippen molar-refractivity contribution in [3.05, 3.63) is 0 Å². The van der Waals surface area contributed by atoms with Gasteiger partial charge >= 0.3 is 18.1 Å². The molecule has 0 heterocycles. The maximum Gasteiger partial charge on any atom is 0.426 e. The second-order valence-electron chi connectivity index (χ2n) is 5.58. The van der Waals surface area contributed by atoms with E-state index in [1.807, 2.05) is 6.92 Å². The lowest BCUT2D eigenvalue weighted by Crippen LogP contribution is -2.45. The molecule has 0 N–H and O–H groups in total. The first-order valence-corrected chi connectivity index (χ1v) is 9.32. The smallest absolute Gasteiger partial charge is 0.426 e. The van der Waals surface area contributed by atoms with Crippen molar-refractivity contribution in [1.29, 1.82) is 0 Å². The zero-order valence-corrected chi connectivity index (χ0v) is 16.0. The molecule has 0 rings (SSSR count). The fourth-order valence-electron chi connectivity index (χ4n) is 2.17. The van der Waals surface area contributed by atoms with Crippen LogP contribution < -0.4 is 0 Å². The summed E-state index contributed by atoms with van der Waals surface area (Å²) in [5, 5.41) is -0.586. The van der Waals surface area contributed by atoms with Gasteiger partial charge in [-0.1, -0.05) is 56.0 Å². The van der Waals surface area contributed by atoms with Gasteiger partial charge in [-0.05, 0) is 19.3 Å². The summed E-state index contributed by atoms with van der Waals surface area (Å²) in [6, 6.07) is 0. The Balaban J connectivity index is 4.95. The number of unbranched alkanes of at least 4 members (excludes halogenated alkanes) is 3. The number of ether oxygens (including phenoxy) is 2. The summed E-state index contributed by atoms with van der Waals surface area (Å²) >= 11 is 2.68. The minimum Gasteiger partial charge on any atom is -0.465 e. The molecule has 24 heavy (non-hydrogen) atoms. The molecule has 0 amide bonds. The van der Waals surface area contributed by atoms with E-state index in [9.17, 15) is 22.8 Å².